The minimum Gasteiger partial charge on any atom is -0.481 e. The van der Waals surface area contributed by atoms with Crippen molar-refractivity contribution in [3.8, 4) is 5.88 Å². The van der Waals surface area contributed by atoms with Crippen LogP contribution in [0.15, 0.2) is 12.3 Å². The van der Waals surface area contributed by atoms with Crippen LogP contribution in [0.1, 0.15) is 19.3 Å². The van der Waals surface area contributed by atoms with Crippen LogP contribution in [-0.4, -0.2) is 45.5 Å². The molecule has 1 heterocycles. The Morgan fingerprint density at radius 3 is 2.88 bits per heavy atom. The van der Waals surface area contributed by atoms with Gasteiger partial charge in [0, 0.05) is 18.3 Å². The van der Waals surface area contributed by atoms with Crippen LogP contribution in [0.2, 0.25) is 0 Å². The van der Waals surface area contributed by atoms with E-state index in [1.54, 1.807) is 19.4 Å². The van der Waals surface area contributed by atoms with Gasteiger partial charge in [-0.2, -0.15) is 4.98 Å². The van der Waals surface area contributed by atoms with E-state index in [2.05, 4.69) is 15.3 Å². The zero-order valence-corrected chi connectivity index (χ0v) is 9.71. The van der Waals surface area contributed by atoms with Gasteiger partial charge in [-0.1, -0.05) is 0 Å². The van der Waals surface area contributed by atoms with Crippen molar-refractivity contribution < 1.29 is 14.9 Å². The van der Waals surface area contributed by atoms with Gasteiger partial charge in [0.15, 0.2) is 0 Å². The lowest BCUT2D eigenvalue weighted by atomic mass is 9.91. The van der Waals surface area contributed by atoms with Gasteiger partial charge in [-0.15, -0.1) is 0 Å². The van der Waals surface area contributed by atoms with Gasteiger partial charge in [0.1, 0.15) is 0 Å². The van der Waals surface area contributed by atoms with E-state index in [0.717, 1.165) is 6.42 Å². The summed E-state index contributed by atoms with van der Waals surface area (Å²) in [4.78, 5) is 8.22. The maximum absolute atomic E-state index is 9.57. The molecule has 3 atom stereocenters. The van der Waals surface area contributed by atoms with Gasteiger partial charge in [0.2, 0.25) is 11.8 Å². The highest BCUT2D eigenvalue weighted by Crippen LogP contribution is 2.21. The predicted molar refractivity (Wildman–Crippen MR) is 61.9 cm³/mol. The molecule has 6 heteroatoms. The fourth-order valence-electron chi connectivity index (χ4n) is 1.97. The van der Waals surface area contributed by atoms with Crippen molar-refractivity contribution >= 4 is 5.95 Å². The summed E-state index contributed by atoms with van der Waals surface area (Å²) in [5.74, 6) is 0.983. The number of methoxy groups -OCH3 is 1. The van der Waals surface area contributed by atoms with Crippen molar-refractivity contribution in [3.63, 3.8) is 0 Å². The van der Waals surface area contributed by atoms with E-state index >= 15 is 0 Å². The Morgan fingerprint density at radius 1 is 1.35 bits per heavy atom. The number of nitrogens with one attached hydrogen (secondary N) is 1. The zero-order valence-electron chi connectivity index (χ0n) is 9.71. The van der Waals surface area contributed by atoms with Crippen LogP contribution in [0.3, 0.4) is 0 Å². The van der Waals surface area contributed by atoms with Crippen molar-refractivity contribution in [1.82, 2.24) is 9.97 Å². The predicted octanol–water partition coefficient (Wildman–Crippen LogP) is 0.171. The summed E-state index contributed by atoms with van der Waals surface area (Å²) >= 11 is 0. The van der Waals surface area contributed by atoms with Crippen molar-refractivity contribution in [1.29, 1.82) is 0 Å². The van der Waals surface area contributed by atoms with Crippen molar-refractivity contribution in [2.24, 2.45) is 0 Å². The van der Waals surface area contributed by atoms with E-state index in [1.165, 1.54) is 0 Å². The lowest BCUT2D eigenvalue weighted by Crippen LogP contribution is -2.39. The van der Waals surface area contributed by atoms with Crippen LogP contribution in [0.25, 0.3) is 0 Å². The fraction of sp³-hybridized carbons (Fsp3) is 0.636. The molecule has 1 unspecified atom stereocenters. The number of aromatic nitrogens is 2. The molecule has 1 aromatic heterocycles. The molecule has 1 aromatic rings. The molecule has 1 saturated carbocycles. The Balaban J connectivity index is 1.96. The van der Waals surface area contributed by atoms with Gasteiger partial charge in [0.25, 0.3) is 0 Å². The first-order valence-corrected chi connectivity index (χ1v) is 5.68. The number of ether oxygens (including phenoxy) is 1. The quantitative estimate of drug-likeness (QED) is 0.697. The molecule has 0 spiro atoms. The Hall–Kier alpha value is -1.40. The monoisotopic (exact) mass is 239 g/mol. The lowest BCUT2D eigenvalue weighted by Gasteiger charge is -2.30. The van der Waals surface area contributed by atoms with Gasteiger partial charge in [-0.3, -0.25) is 0 Å². The third-order valence-corrected chi connectivity index (χ3v) is 2.95. The molecule has 94 valence electrons. The third kappa shape index (κ3) is 3.04. The maximum atomic E-state index is 9.57. The standard InChI is InChI=1S/C11H17N3O3/c1-17-10-4-5-12-11(14-10)13-7-2-3-8(15)9(16)6-7/h4-5,7-9,15-16H,2-3,6H2,1H3,(H,12,13,14)/t7?,8-,9+/m1/s1. The first-order valence-electron chi connectivity index (χ1n) is 5.68. The van der Waals surface area contributed by atoms with Gasteiger partial charge in [0.05, 0.1) is 19.3 Å². The summed E-state index contributed by atoms with van der Waals surface area (Å²) in [6.07, 6.45) is 2.21. The summed E-state index contributed by atoms with van der Waals surface area (Å²) in [6, 6.07) is 1.76. The van der Waals surface area contributed by atoms with E-state index < -0.39 is 12.2 Å². The van der Waals surface area contributed by atoms with Crippen LogP contribution >= 0.6 is 0 Å². The Bertz CT molecular complexity index is 375. The van der Waals surface area contributed by atoms with Crippen molar-refractivity contribution in [3.05, 3.63) is 12.3 Å². The second-order valence-electron chi connectivity index (χ2n) is 4.21. The smallest absolute Gasteiger partial charge is 0.226 e. The van der Waals surface area contributed by atoms with Crippen molar-refractivity contribution in [2.45, 2.75) is 37.5 Å². The fourth-order valence-corrected chi connectivity index (χ4v) is 1.97. The Labute approximate surface area is 99.7 Å². The number of aliphatic hydroxyl groups excluding tert-OH is 2. The molecular formula is C11H17N3O3. The molecule has 3 N–H and O–H groups in total. The molecule has 1 aliphatic rings. The summed E-state index contributed by atoms with van der Waals surface area (Å²) in [5, 5.41) is 22.1. The molecule has 0 aromatic carbocycles. The number of anilines is 1. The molecule has 0 radical (unpaired) electrons. The molecule has 6 nitrogen and oxygen atoms in total. The third-order valence-electron chi connectivity index (χ3n) is 2.95. The maximum Gasteiger partial charge on any atom is 0.226 e. The number of hydrogen-bond acceptors (Lipinski definition) is 6. The summed E-state index contributed by atoms with van der Waals surface area (Å²) in [6.45, 7) is 0. The highest BCUT2D eigenvalue weighted by Gasteiger charge is 2.27. The molecular weight excluding hydrogens is 222 g/mol. The van der Waals surface area contributed by atoms with Crippen molar-refractivity contribution in [2.75, 3.05) is 12.4 Å². The van der Waals surface area contributed by atoms with Gasteiger partial charge in [-0.05, 0) is 19.3 Å². The number of hydrogen-bond donors (Lipinski definition) is 3. The van der Waals surface area contributed by atoms with E-state index in [4.69, 9.17) is 4.74 Å². The van der Waals surface area contributed by atoms with Crippen LogP contribution < -0.4 is 10.1 Å². The average Bonchev–Trinajstić information content (AvgIpc) is 2.34. The molecule has 1 fully saturated rings. The van der Waals surface area contributed by atoms with E-state index in [0.29, 0.717) is 24.7 Å². The average molecular weight is 239 g/mol. The summed E-state index contributed by atoms with van der Waals surface area (Å²) in [5.41, 5.74) is 0. The minimum absolute atomic E-state index is 0.0838. The van der Waals surface area contributed by atoms with Crippen LogP contribution in [0.5, 0.6) is 5.88 Å². The van der Waals surface area contributed by atoms with E-state index in [-0.39, 0.29) is 6.04 Å². The highest BCUT2D eigenvalue weighted by molar-refractivity contribution is 5.29. The van der Waals surface area contributed by atoms with Gasteiger partial charge in [-0.25, -0.2) is 4.98 Å². The van der Waals surface area contributed by atoms with E-state index in [1.807, 2.05) is 0 Å². The summed E-state index contributed by atoms with van der Waals surface area (Å²) < 4.78 is 5.00. The molecule has 0 saturated heterocycles. The highest BCUT2D eigenvalue weighted by atomic mass is 16.5. The lowest BCUT2D eigenvalue weighted by molar-refractivity contribution is -0.0120. The SMILES string of the molecule is COc1ccnc(NC2CC[C@@H](O)[C@@H](O)C2)n1. The molecule has 17 heavy (non-hydrogen) atoms. The molecule has 1 aliphatic carbocycles. The second kappa shape index (κ2) is 5.29. The molecule has 0 amide bonds. The van der Waals surface area contributed by atoms with Crippen LogP contribution in [0.4, 0.5) is 5.95 Å². The zero-order chi connectivity index (χ0) is 12.3. The molecule has 0 bridgehead atoms. The number of nitrogens with zero attached hydrogens (tertiary/aromatic N) is 2. The topological polar surface area (TPSA) is 87.5 Å². The Morgan fingerprint density at radius 2 is 2.18 bits per heavy atom. The normalized spacial score (nSPS) is 28.8. The molecule has 2 rings (SSSR count). The van der Waals surface area contributed by atoms with Crippen LogP contribution in [0, 0.1) is 0 Å². The van der Waals surface area contributed by atoms with E-state index in [9.17, 15) is 10.2 Å². The second-order valence-corrected chi connectivity index (χ2v) is 4.21. The van der Waals surface area contributed by atoms with Crippen LogP contribution in [-0.2, 0) is 0 Å². The minimum atomic E-state index is -0.674. The van der Waals surface area contributed by atoms with Gasteiger partial charge >= 0.3 is 0 Å². The summed E-state index contributed by atoms with van der Waals surface area (Å²) in [7, 11) is 1.55. The largest absolute Gasteiger partial charge is 0.481 e. The number of aliphatic hydroxyl groups is 2. The number of rotatable bonds is 3. The first kappa shape index (κ1) is 12.1. The molecule has 0 aliphatic heterocycles. The first-order chi connectivity index (χ1) is 8.19. The van der Waals surface area contributed by atoms with Gasteiger partial charge < -0.3 is 20.3 Å². The Kier molecular flexibility index (Phi) is 3.75.